The van der Waals surface area contributed by atoms with Gasteiger partial charge in [-0.1, -0.05) is 28.1 Å². The van der Waals surface area contributed by atoms with Crippen molar-refractivity contribution in [2.24, 2.45) is 0 Å². The van der Waals surface area contributed by atoms with E-state index in [2.05, 4.69) is 21.2 Å². The van der Waals surface area contributed by atoms with Gasteiger partial charge in [0.1, 0.15) is 5.75 Å². The summed E-state index contributed by atoms with van der Waals surface area (Å²) >= 11 is 3.31. The summed E-state index contributed by atoms with van der Waals surface area (Å²) in [6.45, 7) is -0.428. The number of carboxylic acids is 1. The van der Waals surface area contributed by atoms with E-state index in [4.69, 9.17) is 9.84 Å². The van der Waals surface area contributed by atoms with Gasteiger partial charge in [0.15, 0.2) is 6.61 Å². The number of carbonyl (C=O) groups is 2. The average molecular weight is 350 g/mol. The van der Waals surface area contributed by atoms with Crippen LogP contribution in [0.25, 0.3) is 0 Å². The van der Waals surface area contributed by atoms with Crippen molar-refractivity contribution in [3.8, 4) is 5.75 Å². The van der Waals surface area contributed by atoms with Gasteiger partial charge in [-0.25, -0.2) is 4.79 Å². The molecule has 0 aromatic heterocycles. The molecule has 0 saturated carbocycles. The third-order valence-electron chi connectivity index (χ3n) is 2.54. The highest BCUT2D eigenvalue weighted by atomic mass is 79.9. The van der Waals surface area contributed by atoms with E-state index < -0.39 is 12.6 Å². The first kappa shape index (κ1) is 15.1. The van der Waals surface area contributed by atoms with Crippen LogP contribution in [0.1, 0.15) is 10.4 Å². The molecule has 2 aromatic rings. The summed E-state index contributed by atoms with van der Waals surface area (Å²) in [5, 5.41) is 11.3. The highest BCUT2D eigenvalue weighted by molar-refractivity contribution is 9.10. The largest absolute Gasteiger partial charge is 0.482 e. The van der Waals surface area contributed by atoms with E-state index in [0.717, 1.165) is 4.47 Å². The summed E-state index contributed by atoms with van der Waals surface area (Å²) in [6.07, 6.45) is 0. The topological polar surface area (TPSA) is 75.6 Å². The summed E-state index contributed by atoms with van der Waals surface area (Å²) in [5.74, 6) is -0.935. The molecule has 2 aromatic carbocycles. The van der Waals surface area contributed by atoms with Gasteiger partial charge in [-0.15, -0.1) is 0 Å². The minimum Gasteiger partial charge on any atom is -0.482 e. The minimum absolute atomic E-state index is 0.258. The number of benzene rings is 2. The van der Waals surface area contributed by atoms with Crippen LogP contribution in [0.15, 0.2) is 53.0 Å². The molecule has 0 fully saturated rings. The molecule has 0 unspecified atom stereocenters. The molecule has 0 heterocycles. The summed E-state index contributed by atoms with van der Waals surface area (Å²) in [5.41, 5.74) is 1.05. The lowest BCUT2D eigenvalue weighted by molar-refractivity contribution is -0.139. The van der Waals surface area contributed by atoms with E-state index in [1.54, 1.807) is 42.5 Å². The Labute approximate surface area is 129 Å². The van der Waals surface area contributed by atoms with Crippen LogP contribution in [-0.4, -0.2) is 23.6 Å². The predicted octanol–water partition coefficient (Wildman–Crippen LogP) is 3.16. The van der Waals surface area contributed by atoms with E-state index >= 15 is 0 Å². The number of hydrogen-bond donors (Lipinski definition) is 2. The molecule has 2 N–H and O–H groups in total. The quantitative estimate of drug-likeness (QED) is 0.869. The average Bonchev–Trinajstić information content (AvgIpc) is 2.45. The van der Waals surface area contributed by atoms with Gasteiger partial charge in [-0.2, -0.15) is 0 Å². The van der Waals surface area contributed by atoms with Crippen LogP contribution in [-0.2, 0) is 4.79 Å². The lowest BCUT2D eigenvalue weighted by Crippen LogP contribution is -2.12. The maximum Gasteiger partial charge on any atom is 0.341 e. The second-order valence-electron chi connectivity index (χ2n) is 4.17. The molecule has 0 atom stereocenters. The molecule has 5 nitrogen and oxygen atoms in total. The molecule has 0 spiro atoms. The number of amides is 1. The van der Waals surface area contributed by atoms with E-state index in [9.17, 15) is 9.59 Å². The molecule has 0 bridgehead atoms. The number of halogens is 1. The monoisotopic (exact) mass is 349 g/mol. The van der Waals surface area contributed by atoms with Crippen molar-refractivity contribution in [3.63, 3.8) is 0 Å². The van der Waals surface area contributed by atoms with Crippen LogP contribution in [0.3, 0.4) is 0 Å². The molecule has 21 heavy (non-hydrogen) atoms. The van der Waals surface area contributed by atoms with Crippen LogP contribution in [0.5, 0.6) is 5.75 Å². The van der Waals surface area contributed by atoms with Crippen molar-refractivity contribution in [3.05, 3.63) is 58.6 Å². The van der Waals surface area contributed by atoms with Gasteiger partial charge >= 0.3 is 5.97 Å². The molecule has 108 valence electrons. The standard InChI is InChI=1S/C15H12BrNO4/c16-11-4-1-3-10(7-11)15(20)17-12-5-2-6-13(8-12)21-9-14(18)19/h1-8H,9H2,(H,17,20)(H,18,19). The zero-order valence-electron chi connectivity index (χ0n) is 10.9. The van der Waals surface area contributed by atoms with Gasteiger partial charge in [-0.05, 0) is 30.3 Å². The number of carbonyl (C=O) groups excluding carboxylic acids is 1. The first-order valence-electron chi connectivity index (χ1n) is 6.06. The lowest BCUT2D eigenvalue weighted by atomic mass is 10.2. The maximum absolute atomic E-state index is 12.1. The number of rotatable bonds is 5. The highest BCUT2D eigenvalue weighted by Gasteiger charge is 2.07. The lowest BCUT2D eigenvalue weighted by Gasteiger charge is -2.08. The normalized spacial score (nSPS) is 9.95. The van der Waals surface area contributed by atoms with Crippen LogP contribution in [0.2, 0.25) is 0 Å². The molecule has 6 heteroatoms. The summed E-state index contributed by atoms with van der Waals surface area (Å²) in [4.78, 5) is 22.5. The van der Waals surface area contributed by atoms with Gasteiger partial charge in [0.2, 0.25) is 0 Å². The van der Waals surface area contributed by atoms with Crippen molar-refractivity contribution in [2.45, 2.75) is 0 Å². The Morgan fingerprint density at radius 1 is 1.14 bits per heavy atom. The van der Waals surface area contributed by atoms with Gasteiger partial charge in [0, 0.05) is 21.8 Å². The molecule has 0 aliphatic carbocycles. The summed E-state index contributed by atoms with van der Waals surface area (Å²) in [7, 11) is 0. The van der Waals surface area contributed by atoms with E-state index in [0.29, 0.717) is 17.0 Å². The second kappa shape index (κ2) is 6.90. The number of anilines is 1. The Morgan fingerprint density at radius 3 is 2.62 bits per heavy atom. The summed E-state index contributed by atoms with van der Waals surface area (Å²) < 4.78 is 5.87. The molecule has 1 amide bonds. The Balaban J connectivity index is 2.07. The van der Waals surface area contributed by atoms with E-state index in [1.807, 2.05) is 6.07 Å². The van der Waals surface area contributed by atoms with Gasteiger partial charge in [0.25, 0.3) is 5.91 Å². The predicted molar refractivity (Wildman–Crippen MR) is 81.7 cm³/mol. The first-order chi connectivity index (χ1) is 10.0. The zero-order chi connectivity index (χ0) is 15.2. The zero-order valence-corrected chi connectivity index (χ0v) is 12.5. The molecule has 0 radical (unpaired) electrons. The fraction of sp³-hybridized carbons (Fsp3) is 0.0667. The van der Waals surface area contributed by atoms with Crippen LogP contribution in [0, 0.1) is 0 Å². The smallest absolute Gasteiger partial charge is 0.341 e. The summed E-state index contributed by atoms with van der Waals surface area (Å²) in [6, 6.07) is 13.6. The minimum atomic E-state index is -1.06. The Morgan fingerprint density at radius 2 is 1.90 bits per heavy atom. The van der Waals surface area contributed by atoms with Crippen LogP contribution < -0.4 is 10.1 Å². The second-order valence-corrected chi connectivity index (χ2v) is 5.09. The van der Waals surface area contributed by atoms with Crippen LogP contribution >= 0.6 is 15.9 Å². The third-order valence-corrected chi connectivity index (χ3v) is 3.03. The van der Waals surface area contributed by atoms with Gasteiger partial charge in [-0.3, -0.25) is 4.79 Å². The fourth-order valence-electron chi connectivity index (χ4n) is 1.64. The Kier molecular flexibility index (Phi) is 4.94. The number of carboxylic acid groups (broad SMARTS) is 1. The Bertz CT molecular complexity index is 672. The molecule has 0 aliphatic heterocycles. The number of aliphatic carboxylic acids is 1. The molecular formula is C15H12BrNO4. The van der Waals surface area contributed by atoms with E-state index in [-0.39, 0.29) is 5.91 Å². The van der Waals surface area contributed by atoms with Crippen molar-refractivity contribution in [1.29, 1.82) is 0 Å². The van der Waals surface area contributed by atoms with Crippen molar-refractivity contribution in [2.75, 3.05) is 11.9 Å². The third kappa shape index (κ3) is 4.61. The molecule has 2 rings (SSSR count). The number of hydrogen-bond acceptors (Lipinski definition) is 3. The number of nitrogens with one attached hydrogen (secondary N) is 1. The van der Waals surface area contributed by atoms with Gasteiger partial charge < -0.3 is 15.2 Å². The fourth-order valence-corrected chi connectivity index (χ4v) is 2.04. The van der Waals surface area contributed by atoms with Crippen LogP contribution in [0.4, 0.5) is 5.69 Å². The maximum atomic E-state index is 12.1. The number of ether oxygens (including phenoxy) is 1. The first-order valence-corrected chi connectivity index (χ1v) is 6.85. The van der Waals surface area contributed by atoms with E-state index in [1.165, 1.54) is 0 Å². The molecule has 0 aliphatic rings. The Hall–Kier alpha value is -2.34. The molecule has 0 saturated heterocycles. The van der Waals surface area contributed by atoms with Gasteiger partial charge in [0.05, 0.1) is 0 Å². The SMILES string of the molecule is O=C(O)COc1cccc(NC(=O)c2cccc(Br)c2)c1. The van der Waals surface area contributed by atoms with Crippen molar-refractivity contribution >= 4 is 33.5 Å². The highest BCUT2D eigenvalue weighted by Crippen LogP contribution is 2.19. The van der Waals surface area contributed by atoms with Crippen molar-refractivity contribution in [1.82, 2.24) is 0 Å². The van der Waals surface area contributed by atoms with Crippen molar-refractivity contribution < 1.29 is 19.4 Å². The molecular weight excluding hydrogens is 338 g/mol.